The molecule has 23 heavy (non-hydrogen) atoms. The Morgan fingerprint density at radius 2 is 2.00 bits per heavy atom. The maximum atomic E-state index is 11.2. The number of hydrogen-bond acceptors (Lipinski definition) is 4. The first kappa shape index (κ1) is 18.2. The molecular formula is C17H26ClN3O2. The quantitative estimate of drug-likeness (QED) is 0.619. The average Bonchev–Trinajstić information content (AvgIpc) is 2.40. The molecule has 0 amide bonds. The number of nitro groups is 1. The fraction of sp³-hybridized carbons (Fsp3) is 0.647. The Labute approximate surface area is 143 Å². The Bertz CT molecular complexity index is 598. The summed E-state index contributed by atoms with van der Waals surface area (Å²) in [5, 5.41) is 11.6. The summed E-state index contributed by atoms with van der Waals surface area (Å²) in [6, 6.07) is 3.74. The molecule has 1 aliphatic rings. The van der Waals surface area contributed by atoms with Crippen LogP contribution in [0.4, 0.5) is 5.69 Å². The third-order valence-corrected chi connectivity index (χ3v) is 4.83. The van der Waals surface area contributed by atoms with Gasteiger partial charge in [0.05, 0.1) is 4.92 Å². The average molecular weight is 340 g/mol. The highest BCUT2D eigenvalue weighted by atomic mass is 35.5. The summed E-state index contributed by atoms with van der Waals surface area (Å²) in [6.07, 6.45) is 0. The number of benzene rings is 1. The molecule has 0 aromatic heterocycles. The van der Waals surface area contributed by atoms with Crippen LogP contribution in [0.1, 0.15) is 38.8 Å². The van der Waals surface area contributed by atoms with E-state index in [0.29, 0.717) is 23.2 Å². The smallest absolute Gasteiger partial charge is 0.274 e. The van der Waals surface area contributed by atoms with Gasteiger partial charge in [-0.05, 0) is 46.2 Å². The molecular weight excluding hydrogens is 314 g/mol. The predicted octanol–water partition coefficient (Wildman–Crippen LogP) is 3.86. The molecule has 1 aliphatic heterocycles. The van der Waals surface area contributed by atoms with Crippen molar-refractivity contribution >= 4 is 17.3 Å². The molecule has 0 saturated carbocycles. The molecule has 0 spiro atoms. The summed E-state index contributed by atoms with van der Waals surface area (Å²) in [7, 11) is 0. The van der Waals surface area contributed by atoms with Crippen molar-refractivity contribution in [3.8, 4) is 0 Å². The topological polar surface area (TPSA) is 49.6 Å². The normalized spacial score (nSPS) is 20.7. The zero-order valence-electron chi connectivity index (χ0n) is 14.6. The molecule has 128 valence electrons. The fourth-order valence-electron chi connectivity index (χ4n) is 3.49. The molecule has 1 aromatic rings. The first-order valence-corrected chi connectivity index (χ1v) is 8.40. The summed E-state index contributed by atoms with van der Waals surface area (Å²) in [6.45, 7) is 14.4. The Morgan fingerprint density at radius 1 is 1.35 bits per heavy atom. The molecule has 1 saturated heterocycles. The largest absolute Gasteiger partial charge is 0.296 e. The summed E-state index contributed by atoms with van der Waals surface area (Å²) in [5.41, 5.74) is 1.93. The van der Waals surface area contributed by atoms with Crippen LogP contribution in [-0.2, 0) is 6.54 Å². The molecule has 2 rings (SSSR count). The molecule has 5 nitrogen and oxygen atoms in total. The van der Waals surface area contributed by atoms with Crippen molar-refractivity contribution in [2.24, 2.45) is 0 Å². The highest BCUT2D eigenvalue weighted by Gasteiger charge is 2.31. The number of halogens is 1. The van der Waals surface area contributed by atoms with Gasteiger partial charge in [-0.2, -0.15) is 0 Å². The summed E-state index contributed by atoms with van der Waals surface area (Å²) >= 11 is 6.06. The zero-order valence-corrected chi connectivity index (χ0v) is 15.4. The molecule has 6 heteroatoms. The van der Waals surface area contributed by atoms with E-state index in [-0.39, 0.29) is 16.1 Å². The number of rotatable bonds is 3. The SMILES string of the molecule is Cc1c(CN2CCN(C(C)(C)C)[C@@H](C)C2)cc(Cl)cc1[N+](=O)[O-]. The van der Waals surface area contributed by atoms with Crippen molar-refractivity contribution in [3.63, 3.8) is 0 Å². The van der Waals surface area contributed by atoms with E-state index < -0.39 is 0 Å². The van der Waals surface area contributed by atoms with E-state index in [1.807, 2.05) is 6.07 Å². The second kappa shape index (κ2) is 6.75. The van der Waals surface area contributed by atoms with Gasteiger partial charge in [0, 0.05) is 54.4 Å². The molecule has 0 unspecified atom stereocenters. The monoisotopic (exact) mass is 339 g/mol. The lowest BCUT2D eigenvalue weighted by Gasteiger charge is -2.47. The molecule has 1 fully saturated rings. The van der Waals surface area contributed by atoms with Crippen LogP contribution in [0.15, 0.2) is 12.1 Å². The van der Waals surface area contributed by atoms with Crippen LogP contribution in [0.3, 0.4) is 0 Å². The van der Waals surface area contributed by atoms with Gasteiger partial charge in [0.1, 0.15) is 0 Å². The van der Waals surface area contributed by atoms with Crippen LogP contribution in [0, 0.1) is 17.0 Å². The second-order valence-electron chi connectivity index (χ2n) is 7.41. The van der Waals surface area contributed by atoms with Crippen molar-refractivity contribution in [1.82, 2.24) is 9.80 Å². The number of nitrogens with zero attached hydrogens (tertiary/aromatic N) is 3. The standard InChI is InChI=1S/C17H26ClN3O2/c1-12-10-19(6-7-20(12)17(3,4)5)11-14-8-15(18)9-16(13(14)2)21(22)23/h8-9,12H,6-7,10-11H2,1-5H3/t12-/m0/s1. The Hall–Kier alpha value is -1.17. The molecule has 0 aliphatic carbocycles. The van der Waals surface area contributed by atoms with Crippen molar-refractivity contribution in [2.75, 3.05) is 19.6 Å². The summed E-state index contributed by atoms with van der Waals surface area (Å²) in [5.74, 6) is 0. The predicted molar refractivity (Wildman–Crippen MR) is 94.0 cm³/mol. The van der Waals surface area contributed by atoms with Crippen molar-refractivity contribution in [2.45, 2.75) is 52.7 Å². The van der Waals surface area contributed by atoms with Crippen LogP contribution in [0.2, 0.25) is 5.02 Å². The Morgan fingerprint density at radius 3 is 2.52 bits per heavy atom. The lowest BCUT2D eigenvalue weighted by Crippen LogP contribution is -2.57. The van der Waals surface area contributed by atoms with E-state index in [9.17, 15) is 10.1 Å². The Kier molecular flexibility index (Phi) is 5.33. The van der Waals surface area contributed by atoms with Gasteiger partial charge in [-0.1, -0.05) is 11.6 Å². The van der Waals surface area contributed by atoms with E-state index >= 15 is 0 Å². The molecule has 1 aromatic carbocycles. The van der Waals surface area contributed by atoms with Crippen molar-refractivity contribution < 1.29 is 4.92 Å². The third kappa shape index (κ3) is 4.22. The van der Waals surface area contributed by atoms with Crippen LogP contribution < -0.4 is 0 Å². The van der Waals surface area contributed by atoms with Gasteiger partial charge in [-0.15, -0.1) is 0 Å². The highest BCUT2D eigenvalue weighted by molar-refractivity contribution is 6.30. The van der Waals surface area contributed by atoms with Crippen molar-refractivity contribution in [3.05, 3.63) is 38.4 Å². The van der Waals surface area contributed by atoms with Crippen LogP contribution in [0.25, 0.3) is 0 Å². The minimum atomic E-state index is -0.356. The van der Waals surface area contributed by atoms with Crippen LogP contribution in [-0.4, -0.2) is 45.9 Å². The third-order valence-electron chi connectivity index (χ3n) is 4.62. The van der Waals surface area contributed by atoms with Crippen molar-refractivity contribution in [1.29, 1.82) is 0 Å². The molecule has 0 N–H and O–H groups in total. The molecule has 0 radical (unpaired) electrons. The number of piperazine rings is 1. The maximum absolute atomic E-state index is 11.2. The summed E-state index contributed by atoms with van der Waals surface area (Å²) in [4.78, 5) is 15.7. The first-order valence-electron chi connectivity index (χ1n) is 8.02. The molecule has 1 heterocycles. The van der Waals surface area contributed by atoms with Crippen LogP contribution in [0.5, 0.6) is 0 Å². The van der Waals surface area contributed by atoms with Gasteiger partial charge >= 0.3 is 0 Å². The van der Waals surface area contributed by atoms with Crippen LogP contribution >= 0.6 is 11.6 Å². The van der Waals surface area contributed by atoms with E-state index in [1.54, 1.807) is 6.92 Å². The Balaban J connectivity index is 2.14. The first-order chi connectivity index (χ1) is 10.6. The van der Waals surface area contributed by atoms with E-state index in [0.717, 1.165) is 25.2 Å². The minimum absolute atomic E-state index is 0.105. The number of hydrogen-bond donors (Lipinski definition) is 0. The molecule has 1 atom stereocenters. The minimum Gasteiger partial charge on any atom is -0.296 e. The van der Waals surface area contributed by atoms with Gasteiger partial charge in [0.25, 0.3) is 5.69 Å². The summed E-state index contributed by atoms with van der Waals surface area (Å²) < 4.78 is 0. The van der Waals surface area contributed by atoms with Gasteiger partial charge in [0.15, 0.2) is 0 Å². The maximum Gasteiger partial charge on any atom is 0.274 e. The lowest BCUT2D eigenvalue weighted by atomic mass is 10.00. The van der Waals surface area contributed by atoms with Gasteiger partial charge in [0.2, 0.25) is 0 Å². The van der Waals surface area contributed by atoms with Gasteiger partial charge in [-0.3, -0.25) is 19.9 Å². The second-order valence-corrected chi connectivity index (χ2v) is 7.85. The van der Waals surface area contributed by atoms with E-state index in [2.05, 4.69) is 37.5 Å². The fourth-order valence-corrected chi connectivity index (χ4v) is 3.72. The van der Waals surface area contributed by atoms with E-state index in [4.69, 9.17) is 11.6 Å². The van der Waals surface area contributed by atoms with Gasteiger partial charge in [-0.25, -0.2) is 0 Å². The van der Waals surface area contributed by atoms with Gasteiger partial charge < -0.3 is 0 Å². The lowest BCUT2D eigenvalue weighted by molar-refractivity contribution is -0.385. The number of nitro benzene ring substituents is 1. The van der Waals surface area contributed by atoms with E-state index in [1.165, 1.54) is 6.07 Å². The highest BCUT2D eigenvalue weighted by Crippen LogP contribution is 2.28. The molecule has 0 bridgehead atoms. The zero-order chi connectivity index (χ0) is 17.4.